The summed E-state index contributed by atoms with van der Waals surface area (Å²) in [6.07, 6.45) is 2.56. The van der Waals surface area contributed by atoms with Crippen molar-refractivity contribution < 1.29 is 5.11 Å². The first-order valence-electron chi connectivity index (χ1n) is 6.80. The van der Waals surface area contributed by atoms with Gasteiger partial charge in [-0.2, -0.15) is 0 Å². The maximum absolute atomic E-state index is 9.46. The van der Waals surface area contributed by atoms with Crippen molar-refractivity contribution in [3.8, 4) is 0 Å². The molecule has 0 aromatic heterocycles. The van der Waals surface area contributed by atoms with Gasteiger partial charge in [0.1, 0.15) is 0 Å². The molecular weight excluding hydrogens is 200 g/mol. The molecule has 2 unspecified atom stereocenters. The number of likely N-dealkylation sites (N-methyl/N-ethyl adjacent to an activating group) is 1. The highest BCUT2D eigenvalue weighted by Gasteiger charge is 2.27. The van der Waals surface area contributed by atoms with Crippen LogP contribution in [0, 0.1) is 5.92 Å². The summed E-state index contributed by atoms with van der Waals surface area (Å²) in [6, 6.07) is 0.393. The van der Waals surface area contributed by atoms with E-state index < -0.39 is 0 Å². The van der Waals surface area contributed by atoms with Gasteiger partial charge in [-0.15, -0.1) is 0 Å². The van der Waals surface area contributed by atoms with Crippen molar-refractivity contribution in [3.63, 3.8) is 0 Å². The van der Waals surface area contributed by atoms with Gasteiger partial charge in [-0.25, -0.2) is 0 Å². The molecule has 3 nitrogen and oxygen atoms in total. The molecule has 96 valence electrons. The summed E-state index contributed by atoms with van der Waals surface area (Å²) >= 11 is 0. The van der Waals surface area contributed by atoms with Gasteiger partial charge in [0.2, 0.25) is 0 Å². The number of hydrogen-bond acceptors (Lipinski definition) is 3. The number of aliphatic hydroxyl groups is 1. The van der Waals surface area contributed by atoms with Crippen LogP contribution in [0.4, 0.5) is 0 Å². The molecule has 0 amide bonds. The molecule has 16 heavy (non-hydrogen) atoms. The van der Waals surface area contributed by atoms with Crippen LogP contribution in [0.15, 0.2) is 0 Å². The third-order valence-electron chi connectivity index (χ3n) is 4.02. The van der Waals surface area contributed by atoms with E-state index in [2.05, 4.69) is 30.6 Å². The van der Waals surface area contributed by atoms with E-state index in [1.807, 2.05) is 0 Å². The van der Waals surface area contributed by atoms with Gasteiger partial charge in [-0.05, 0) is 38.4 Å². The van der Waals surface area contributed by atoms with Gasteiger partial charge >= 0.3 is 0 Å². The van der Waals surface area contributed by atoms with E-state index in [9.17, 15) is 5.11 Å². The lowest BCUT2D eigenvalue weighted by atomic mass is 9.91. The van der Waals surface area contributed by atoms with E-state index in [-0.39, 0.29) is 0 Å². The Bertz CT molecular complexity index is 183. The van der Waals surface area contributed by atoms with Crippen LogP contribution in [0.2, 0.25) is 0 Å². The average molecular weight is 228 g/mol. The highest BCUT2D eigenvalue weighted by Crippen LogP contribution is 2.22. The van der Waals surface area contributed by atoms with Crippen molar-refractivity contribution in [3.05, 3.63) is 0 Å². The summed E-state index contributed by atoms with van der Waals surface area (Å²) in [7, 11) is 0. The van der Waals surface area contributed by atoms with Crippen molar-refractivity contribution in [1.82, 2.24) is 9.80 Å². The summed E-state index contributed by atoms with van der Waals surface area (Å²) in [6.45, 7) is 12.7. The minimum absolute atomic E-state index is 0.319. The van der Waals surface area contributed by atoms with Crippen molar-refractivity contribution in [2.45, 2.75) is 39.7 Å². The van der Waals surface area contributed by atoms with Gasteiger partial charge in [-0.3, -0.25) is 4.90 Å². The third-order valence-corrected chi connectivity index (χ3v) is 4.02. The maximum atomic E-state index is 9.46. The van der Waals surface area contributed by atoms with Crippen LogP contribution in [0.5, 0.6) is 0 Å². The molecule has 1 rings (SSSR count). The molecule has 1 heterocycles. The second-order valence-corrected chi connectivity index (χ2v) is 4.93. The summed E-state index contributed by atoms with van der Waals surface area (Å²) in [5, 5.41) is 9.46. The normalized spacial score (nSPS) is 27.6. The first kappa shape index (κ1) is 13.9. The predicted octanol–water partition coefficient (Wildman–Crippen LogP) is 1.42. The number of piperidine rings is 1. The molecule has 0 radical (unpaired) electrons. The SMILES string of the molecule is CCN(CC)CCN1CCCC(C)C1CO. The first-order valence-corrected chi connectivity index (χ1v) is 6.80. The van der Waals surface area contributed by atoms with Crippen LogP contribution in [0.1, 0.15) is 33.6 Å². The molecule has 0 spiro atoms. The number of hydrogen-bond donors (Lipinski definition) is 1. The van der Waals surface area contributed by atoms with Crippen molar-refractivity contribution in [1.29, 1.82) is 0 Å². The van der Waals surface area contributed by atoms with Crippen molar-refractivity contribution >= 4 is 0 Å². The summed E-state index contributed by atoms with van der Waals surface area (Å²) in [5.41, 5.74) is 0. The Morgan fingerprint density at radius 3 is 2.56 bits per heavy atom. The zero-order valence-electron chi connectivity index (χ0n) is 11.2. The highest BCUT2D eigenvalue weighted by atomic mass is 16.3. The zero-order chi connectivity index (χ0) is 12.0. The molecule has 1 aliphatic rings. The number of nitrogens with zero attached hydrogens (tertiary/aromatic N) is 2. The quantitative estimate of drug-likeness (QED) is 0.745. The van der Waals surface area contributed by atoms with Crippen LogP contribution in [0.3, 0.4) is 0 Å². The molecule has 1 fully saturated rings. The molecule has 0 aromatic rings. The van der Waals surface area contributed by atoms with E-state index in [0.717, 1.165) is 32.7 Å². The molecular formula is C13H28N2O. The summed E-state index contributed by atoms with van der Waals surface area (Å²) in [5.74, 6) is 0.649. The van der Waals surface area contributed by atoms with Crippen molar-refractivity contribution in [2.24, 2.45) is 5.92 Å². The Hall–Kier alpha value is -0.120. The Labute approximate surface area is 100 Å². The third kappa shape index (κ3) is 3.72. The molecule has 2 atom stereocenters. The molecule has 1 aliphatic heterocycles. The highest BCUT2D eigenvalue weighted by molar-refractivity contribution is 4.81. The monoisotopic (exact) mass is 228 g/mol. The Balaban J connectivity index is 2.38. The van der Waals surface area contributed by atoms with Gasteiger partial charge in [0, 0.05) is 19.1 Å². The van der Waals surface area contributed by atoms with Gasteiger partial charge in [0.25, 0.3) is 0 Å². The molecule has 0 aromatic carbocycles. The van der Waals surface area contributed by atoms with Gasteiger partial charge < -0.3 is 10.0 Å². The number of rotatable bonds is 6. The Morgan fingerprint density at radius 1 is 1.31 bits per heavy atom. The molecule has 0 saturated carbocycles. The number of aliphatic hydroxyl groups excluding tert-OH is 1. The topological polar surface area (TPSA) is 26.7 Å². The lowest BCUT2D eigenvalue weighted by molar-refractivity contribution is 0.0461. The maximum Gasteiger partial charge on any atom is 0.0589 e. The van der Waals surface area contributed by atoms with E-state index in [1.165, 1.54) is 12.8 Å². The van der Waals surface area contributed by atoms with Crippen LogP contribution in [-0.2, 0) is 0 Å². The zero-order valence-corrected chi connectivity index (χ0v) is 11.2. The minimum Gasteiger partial charge on any atom is -0.395 e. The van der Waals surface area contributed by atoms with Crippen molar-refractivity contribution in [2.75, 3.05) is 39.3 Å². The van der Waals surface area contributed by atoms with E-state index >= 15 is 0 Å². The molecule has 1 N–H and O–H groups in total. The van der Waals surface area contributed by atoms with E-state index in [4.69, 9.17) is 0 Å². The summed E-state index contributed by atoms with van der Waals surface area (Å²) < 4.78 is 0. The van der Waals surface area contributed by atoms with Gasteiger partial charge in [-0.1, -0.05) is 20.8 Å². The van der Waals surface area contributed by atoms with Gasteiger partial charge in [0.15, 0.2) is 0 Å². The van der Waals surface area contributed by atoms with Crippen LogP contribution >= 0.6 is 0 Å². The first-order chi connectivity index (χ1) is 7.72. The van der Waals surface area contributed by atoms with Crippen LogP contribution in [0.25, 0.3) is 0 Å². The van der Waals surface area contributed by atoms with E-state index in [0.29, 0.717) is 18.6 Å². The average Bonchev–Trinajstić information content (AvgIpc) is 2.30. The standard InChI is InChI=1S/C13H28N2O/c1-4-14(5-2)9-10-15-8-6-7-12(3)13(15)11-16/h12-13,16H,4-11H2,1-3H3. The smallest absolute Gasteiger partial charge is 0.0589 e. The summed E-state index contributed by atoms with van der Waals surface area (Å²) in [4.78, 5) is 4.93. The molecule has 1 saturated heterocycles. The Kier molecular flexibility index (Phi) is 6.32. The van der Waals surface area contributed by atoms with Gasteiger partial charge in [0.05, 0.1) is 6.61 Å². The predicted molar refractivity (Wildman–Crippen MR) is 68.6 cm³/mol. The van der Waals surface area contributed by atoms with E-state index in [1.54, 1.807) is 0 Å². The lowest BCUT2D eigenvalue weighted by Gasteiger charge is -2.39. The largest absolute Gasteiger partial charge is 0.395 e. The lowest BCUT2D eigenvalue weighted by Crippen LogP contribution is -2.49. The Morgan fingerprint density at radius 2 is 2.00 bits per heavy atom. The van der Waals surface area contributed by atoms with Crippen LogP contribution < -0.4 is 0 Å². The second kappa shape index (κ2) is 7.25. The molecule has 0 bridgehead atoms. The van der Waals surface area contributed by atoms with Crippen LogP contribution in [-0.4, -0.2) is 60.3 Å². The fraction of sp³-hybridized carbons (Fsp3) is 1.00. The fourth-order valence-corrected chi connectivity index (χ4v) is 2.72. The second-order valence-electron chi connectivity index (χ2n) is 4.93. The fourth-order valence-electron chi connectivity index (χ4n) is 2.72. The molecule has 0 aliphatic carbocycles. The molecule has 3 heteroatoms. The number of likely N-dealkylation sites (tertiary alicyclic amines) is 1. The minimum atomic E-state index is 0.319.